The summed E-state index contributed by atoms with van der Waals surface area (Å²) in [6.07, 6.45) is 3.39. The molecular formula is C15H21N3O4S. The third kappa shape index (κ3) is 3.92. The second-order valence-corrected chi connectivity index (χ2v) is 7.34. The van der Waals surface area contributed by atoms with Gasteiger partial charge in [0.1, 0.15) is 6.54 Å². The minimum atomic E-state index is -3.69. The Morgan fingerprint density at radius 3 is 2.65 bits per heavy atom. The van der Waals surface area contributed by atoms with Gasteiger partial charge < -0.3 is 9.32 Å². The van der Waals surface area contributed by atoms with Crippen LogP contribution in [0.2, 0.25) is 0 Å². The third-order valence-electron chi connectivity index (χ3n) is 3.74. The van der Waals surface area contributed by atoms with Crippen LogP contribution in [0.25, 0.3) is 0 Å². The quantitative estimate of drug-likeness (QED) is 0.737. The number of carbonyl (C=O) groups excluding carboxylic acids is 1. The normalized spacial score (nSPS) is 16.0. The van der Waals surface area contributed by atoms with Gasteiger partial charge in [0.2, 0.25) is 5.09 Å². The first kappa shape index (κ1) is 17.5. The fraction of sp³-hybridized carbons (Fsp3) is 0.600. The van der Waals surface area contributed by atoms with E-state index in [0.717, 1.165) is 19.3 Å². The van der Waals surface area contributed by atoms with E-state index in [1.165, 1.54) is 21.3 Å². The monoisotopic (exact) mass is 339 g/mol. The fourth-order valence-electron chi connectivity index (χ4n) is 2.57. The van der Waals surface area contributed by atoms with Gasteiger partial charge in [-0.1, -0.05) is 13.3 Å². The molecule has 1 aromatic rings. The molecule has 8 heteroatoms. The highest BCUT2D eigenvalue weighted by molar-refractivity contribution is 7.89. The van der Waals surface area contributed by atoms with Gasteiger partial charge in [0, 0.05) is 19.6 Å². The summed E-state index contributed by atoms with van der Waals surface area (Å²) in [5, 5.41) is 8.57. The van der Waals surface area contributed by atoms with E-state index in [0.29, 0.717) is 26.1 Å². The number of nitriles is 1. The Hall–Kier alpha value is -1.85. The van der Waals surface area contributed by atoms with E-state index < -0.39 is 15.9 Å². The zero-order valence-electron chi connectivity index (χ0n) is 13.2. The molecule has 0 aliphatic carbocycles. The molecule has 2 rings (SSSR count). The van der Waals surface area contributed by atoms with Crippen LogP contribution in [-0.2, 0) is 10.0 Å². The maximum Gasteiger partial charge on any atom is 0.290 e. The molecule has 1 amide bonds. The lowest BCUT2D eigenvalue weighted by Crippen LogP contribution is -2.35. The lowest BCUT2D eigenvalue weighted by Gasteiger charge is -2.24. The zero-order chi connectivity index (χ0) is 16.9. The molecule has 126 valence electrons. The van der Waals surface area contributed by atoms with Gasteiger partial charge in [0.15, 0.2) is 5.76 Å². The SMILES string of the molecule is CCCN(CC#N)C(=O)c1ccc(S(=O)(=O)N2CCCCC2)o1. The zero-order valence-corrected chi connectivity index (χ0v) is 14.0. The van der Waals surface area contributed by atoms with Crippen molar-refractivity contribution >= 4 is 15.9 Å². The number of nitrogens with zero attached hydrogens (tertiary/aromatic N) is 3. The largest absolute Gasteiger partial charge is 0.438 e. The fourth-order valence-corrected chi connectivity index (χ4v) is 4.00. The number of rotatable bonds is 6. The minimum Gasteiger partial charge on any atom is -0.438 e. The van der Waals surface area contributed by atoms with Crippen molar-refractivity contribution in [3.05, 3.63) is 17.9 Å². The van der Waals surface area contributed by atoms with E-state index in [9.17, 15) is 13.2 Å². The molecule has 7 nitrogen and oxygen atoms in total. The summed E-state index contributed by atoms with van der Waals surface area (Å²) in [7, 11) is -3.69. The number of sulfonamides is 1. The van der Waals surface area contributed by atoms with Crippen LogP contribution in [0.3, 0.4) is 0 Å². The molecule has 1 fully saturated rings. The molecule has 0 N–H and O–H groups in total. The highest BCUT2D eigenvalue weighted by Gasteiger charge is 2.30. The third-order valence-corrected chi connectivity index (χ3v) is 5.52. The van der Waals surface area contributed by atoms with Crippen molar-refractivity contribution in [3.63, 3.8) is 0 Å². The highest BCUT2D eigenvalue weighted by atomic mass is 32.2. The van der Waals surface area contributed by atoms with Crippen LogP contribution in [0.4, 0.5) is 0 Å². The van der Waals surface area contributed by atoms with Crippen molar-refractivity contribution in [3.8, 4) is 6.07 Å². The van der Waals surface area contributed by atoms with Crippen LogP contribution < -0.4 is 0 Å². The minimum absolute atomic E-state index is 0.0516. The van der Waals surface area contributed by atoms with E-state index in [1.807, 2.05) is 13.0 Å². The number of carbonyl (C=O) groups is 1. The highest BCUT2D eigenvalue weighted by Crippen LogP contribution is 2.23. The molecule has 0 radical (unpaired) electrons. The topological polar surface area (TPSA) is 94.6 Å². The van der Waals surface area contributed by atoms with Crippen molar-refractivity contribution in [2.75, 3.05) is 26.2 Å². The molecule has 0 spiro atoms. The first-order chi connectivity index (χ1) is 11.0. The molecular weight excluding hydrogens is 318 g/mol. The predicted octanol–water partition coefficient (Wildman–Crippen LogP) is 1.83. The van der Waals surface area contributed by atoms with E-state index in [2.05, 4.69) is 0 Å². The van der Waals surface area contributed by atoms with Crippen LogP contribution in [0, 0.1) is 11.3 Å². The van der Waals surface area contributed by atoms with Gasteiger partial charge in [-0.2, -0.15) is 9.57 Å². The molecule has 1 aliphatic rings. The molecule has 1 aliphatic heterocycles. The van der Waals surface area contributed by atoms with Gasteiger partial charge >= 0.3 is 0 Å². The number of piperidine rings is 1. The van der Waals surface area contributed by atoms with Gasteiger partial charge in [0.25, 0.3) is 15.9 Å². The maximum atomic E-state index is 12.5. The van der Waals surface area contributed by atoms with Crippen molar-refractivity contribution in [1.29, 1.82) is 5.26 Å². The van der Waals surface area contributed by atoms with Gasteiger partial charge in [-0.15, -0.1) is 0 Å². The van der Waals surface area contributed by atoms with Crippen LogP contribution in [0.1, 0.15) is 43.2 Å². The molecule has 0 bridgehead atoms. The van der Waals surface area contributed by atoms with E-state index in [1.54, 1.807) is 0 Å². The van der Waals surface area contributed by atoms with Gasteiger partial charge in [-0.05, 0) is 31.4 Å². The predicted molar refractivity (Wildman–Crippen MR) is 83.1 cm³/mol. The molecule has 0 aromatic carbocycles. The summed E-state index contributed by atoms with van der Waals surface area (Å²) in [6, 6.07) is 4.60. The summed E-state index contributed by atoms with van der Waals surface area (Å²) >= 11 is 0. The number of hydrogen-bond acceptors (Lipinski definition) is 5. The van der Waals surface area contributed by atoms with Crippen LogP contribution in [-0.4, -0.2) is 49.7 Å². The smallest absolute Gasteiger partial charge is 0.290 e. The van der Waals surface area contributed by atoms with Crippen LogP contribution >= 0.6 is 0 Å². The number of furan rings is 1. The second kappa shape index (κ2) is 7.62. The molecule has 1 aromatic heterocycles. The Morgan fingerprint density at radius 1 is 1.35 bits per heavy atom. The van der Waals surface area contributed by atoms with Crippen molar-refractivity contribution in [2.24, 2.45) is 0 Å². The standard InChI is InChI=1S/C15H21N3O4S/c1-2-9-17(12-8-16)15(19)13-6-7-14(22-13)23(20,21)18-10-4-3-5-11-18/h6-7H,2-5,9-12H2,1H3. The Kier molecular flexibility index (Phi) is 5.80. The average Bonchev–Trinajstić information content (AvgIpc) is 3.05. The Balaban J connectivity index is 2.19. The molecule has 0 unspecified atom stereocenters. The van der Waals surface area contributed by atoms with E-state index >= 15 is 0 Å². The van der Waals surface area contributed by atoms with Gasteiger partial charge in [-0.3, -0.25) is 4.79 Å². The molecule has 2 heterocycles. The van der Waals surface area contributed by atoms with Crippen molar-refractivity contribution in [2.45, 2.75) is 37.7 Å². The average molecular weight is 339 g/mol. The van der Waals surface area contributed by atoms with Gasteiger partial charge in [0.05, 0.1) is 6.07 Å². The van der Waals surface area contributed by atoms with Gasteiger partial charge in [-0.25, -0.2) is 8.42 Å². The van der Waals surface area contributed by atoms with E-state index in [-0.39, 0.29) is 17.4 Å². The first-order valence-corrected chi connectivity index (χ1v) is 9.21. The number of hydrogen-bond donors (Lipinski definition) is 0. The molecule has 0 atom stereocenters. The Bertz CT molecular complexity index is 684. The van der Waals surface area contributed by atoms with Crippen molar-refractivity contribution in [1.82, 2.24) is 9.21 Å². The summed E-state index contributed by atoms with van der Waals surface area (Å²) in [5.74, 6) is -0.516. The molecule has 23 heavy (non-hydrogen) atoms. The number of amides is 1. The lowest BCUT2D eigenvalue weighted by atomic mass is 10.2. The summed E-state index contributed by atoms with van der Waals surface area (Å²) < 4.78 is 31.7. The lowest BCUT2D eigenvalue weighted by molar-refractivity contribution is 0.0738. The summed E-state index contributed by atoms with van der Waals surface area (Å²) in [4.78, 5) is 13.7. The summed E-state index contributed by atoms with van der Waals surface area (Å²) in [5.41, 5.74) is 0. The second-order valence-electron chi connectivity index (χ2n) is 5.47. The van der Waals surface area contributed by atoms with Crippen LogP contribution in [0.15, 0.2) is 21.6 Å². The van der Waals surface area contributed by atoms with Crippen molar-refractivity contribution < 1.29 is 17.6 Å². The Morgan fingerprint density at radius 2 is 2.04 bits per heavy atom. The maximum absolute atomic E-state index is 12.5. The summed E-state index contributed by atoms with van der Waals surface area (Å²) in [6.45, 7) is 3.21. The van der Waals surface area contributed by atoms with E-state index in [4.69, 9.17) is 9.68 Å². The van der Waals surface area contributed by atoms with Crippen LogP contribution in [0.5, 0.6) is 0 Å². The first-order valence-electron chi connectivity index (χ1n) is 7.77. The molecule has 0 saturated carbocycles. The molecule has 1 saturated heterocycles. The Labute approximate surface area is 136 Å².